The number of ether oxygens (including phenoxy) is 1. The maximum atomic E-state index is 5.98. The van der Waals surface area contributed by atoms with Crippen LogP contribution < -0.4 is 5.73 Å². The zero-order valence-corrected chi connectivity index (χ0v) is 12.4. The van der Waals surface area contributed by atoms with Crippen LogP contribution in [-0.4, -0.2) is 22.8 Å². The first-order chi connectivity index (χ1) is 9.63. The lowest BCUT2D eigenvalue weighted by Crippen LogP contribution is -2.19. The summed E-state index contributed by atoms with van der Waals surface area (Å²) in [6.45, 7) is 5.17. The molecule has 1 fully saturated rings. The summed E-state index contributed by atoms with van der Waals surface area (Å²) in [5.74, 6) is 0. The molecule has 3 rings (SSSR count). The van der Waals surface area contributed by atoms with Crippen LogP contribution in [-0.2, 0) is 17.7 Å². The Labute approximate surface area is 120 Å². The molecule has 2 N–H and O–H groups in total. The van der Waals surface area contributed by atoms with E-state index in [1.54, 1.807) is 0 Å². The second kappa shape index (κ2) is 5.58. The highest BCUT2D eigenvalue weighted by atomic mass is 16.5. The zero-order valence-electron chi connectivity index (χ0n) is 12.4. The van der Waals surface area contributed by atoms with Gasteiger partial charge in [-0.1, -0.05) is 18.2 Å². The van der Waals surface area contributed by atoms with Crippen molar-refractivity contribution in [3.8, 4) is 0 Å². The summed E-state index contributed by atoms with van der Waals surface area (Å²) in [5, 5.41) is 1.30. The zero-order chi connectivity index (χ0) is 14.1. The van der Waals surface area contributed by atoms with E-state index in [1.807, 2.05) is 0 Å². The van der Waals surface area contributed by atoms with Gasteiger partial charge in [-0.3, -0.25) is 0 Å². The third-order valence-electron chi connectivity index (χ3n) is 4.13. The van der Waals surface area contributed by atoms with Gasteiger partial charge in [-0.2, -0.15) is 0 Å². The van der Waals surface area contributed by atoms with Crippen molar-refractivity contribution in [2.24, 2.45) is 5.73 Å². The van der Waals surface area contributed by atoms with E-state index in [1.165, 1.54) is 22.9 Å². The average Bonchev–Trinajstić information content (AvgIpc) is 2.97. The molecule has 2 aromatic rings. The van der Waals surface area contributed by atoms with E-state index in [0.29, 0.717) is 12.2 Å². The molecule has 3 atom stereocenters. The van der Waals surface area contributed by atoms with Gasteiger partial charge in [0.05, 0.1) is 17.7 Å². The third-order valence-corrected chi connectivity index (χ3v) is 4.13. The third kappa shape index (κ3) is 2.74. The van der Waals surface area contributed by atoms with Gasteiger partial charge in [-0.15, -0.1) is 0 Å². The molecule has 0 saturated carbocycles. The Bertz CT molecular complexity index is 588. The second-order valence-electron chi connectivity index (χ2n) is 6.15. The van der Waals surface area contributed by atoms with Crippen molar-refractivity contribution in [1.29, 1.82) is 0 Å². The van der Waals surface area contributed by atoms with E-state index in [4.69, 9.17) is 10.5 Å². The first-order valence-electron chi connectivity index (χ1n) is 7.61. The Balaban J connectivity index is 1.90. The van der Waals surface area contributed by atoms with Gasteiger partial charge in [0.1, 0.15) is 0 Å². The van der Waals surface area contributed by atoms with E-state index >= 15 is 0 Å². The van der Waals surface area contributed by atoms with Gasteiger partial charge in [-0.05, 0) is 50.1 Å². The summed E-state index contributed by atoms with van der Waals surface area (Å²) in [4.78, 5) is 0. The SMILES string of the molecule is CC(N)Cc1cccc2ccn(CC3CCC(C)O3)c12. The predicted molar refractivity (Wildman–Crippen MR) is 82.9 cm³/mol. The topological polar surface area (TPSA) is 40.2 Å². The van der Waals surface area contributed by atoms with Crippen LogP contribution in [0, 0.1) is 0 Å². The lowest BCUT2D eigenvalue weighted by Gasteiger charge is -2.15. The second-order valence-corrected chi connectivity index (χ2v) is 6.15. The molecular formula is C17H24N2O. The monoisotopic (exact) mass is 272 g/mol. The minimum atomic E-state index is 0.187. The van der Waals surface area contributed by atoms with Crippen molar-refractivity contribution >= 4 is 10.9 Å². The molecule has 3 heteroatoms. The molecule has 1 aliphatic heterocycles. The molecule has 3 unspecified atom stereocenters. The van der Waals surface area contributed by atoms with E-state index in [0.717, 1.165) is 19.4 Å². The van der Waals surface area contributed by atoms with Gasteiger partial charge in [0, 0.05) is 18.8 Å². The molecule has 2 heterocycles. The number of rotatable bonds is 4. The highest BCUT2D eigenvalue weighted by Crippen LogP contribution is 2.25. The molecule has 0 spiro atoms. The van der Waals surface area contributed by atoms with Crippen molar-refractivity contribution in [3.05, 3.63) is 36.0 Å². The lowest BCUT2D eigenvalue weighted by atomic mass is 10.0. The molecular weight excluding hydrogens is 248 g/mol. The molecule has 3 nitrogen and oxygen atoms in total. The maximum Gasteiger partial charge on any atom is 0.0758 e. The lowest BCUT2D eigenvalue weighted by molar-refractivity contribution is 0.0465. The molecule has 20 heavy (non-hydrogen) atoms. The van der Waals surface area contributed by atoms with Crippen LogP contribution in [0.25, 0.3) is 10.9 Å². The van der Waals surface area contributed by atoms with Crippen molar-refractivity contribution in [3.63, 3.8) is 0 Å². The van der Waals surface area contributed by atoms with Crippen LogP contribution in [0.5, 0.6) is 0 Å². The van der Waals surface area contributed by atoms with Gasteiger partial charge >= 0.3 is 0 Å². The fraction of sp³-hybridized carbons (Fsp3) is 0.529. The highest BCUT2D eigenvalue weighted by Gasteiger charge is 2.22. The molecule has 1 aliphatic rings. The predicted octanol–water partition coefficient (Wildman–Crippen LogP) is 3.10. The van der Waals surface area contributed by atoms with Crippen molar-refractivity contribution < 1.29 is 4.74 Å². The van der Waals surface area contributed by atoms with Crippen LogP contribution in [0.3, 0.4) is 0 Å². The summed E-state index contributed by atoms with van der Waals surface area (Å²) in [5.41, 5.74) is 8.65. The van der Waals surface area contributed by atoms with E-state index in [9.17, 15) is 0 Å². The van der Waals surface area contributed by atoms with Gasteiger partial charge in [0.25, 0.3) is 0 Å². The van der Waals surface area contributed by atoms with E-state index in [2.05, 4.69) is 48.9 Å². The summed E-state index contributed by atoms with van der Waals surface area (Å²) >= 11 is 0. The molecule has 0 amide bonds. The summed E-state index contributed by atoms with van der Waals surface area (Å²) in [6, 6.07) is 8.87. The van der Waals surface area contributed by atoms with Crippen LogP contribution >= 0.6 is 0 Å². The Morgan fingerprint density at radius 2 is 2.20 bits per heavy atom. The number of hydrogen-bond acceptors (Lipinski definition) is 2. The smallest absolute Gasteiger partial charge is 0.0758 e. The number of para-hydroxylation sites is 1. The first kappa shape index (κ1) is 13.7. The minimum absolute atomic E-state index is 0.187. The fourth-order valence-electron chi connectivity index (χ4n) is 3.24. The summed E-state index contributed by atoms with van der Waals surface area (Å²) in [7, 11) is 0. The van der Waals surface area contributed by atoms with Crippen LogP contribution in [0.4, 0.5) is 0 Å². The molecule has 0 aliphatic carbocycles. The van der Waals surface area contributed by atoms with Crippen LogP contribution in [0.1, 0.15) is 32.3 Å². The van der Waals surface area contributed by atoms with Gasteiger partial charge in [0.15, 0.2) is 0 Å². The first-order valence-corrected chi connectivity index (χ1v) is 7.61. The Hall–Kier alpha value is -1.32. The number of nitrogens with zero attached hydrogens (tertiary/aromatic N) is 1. The standard InChI is InChI=1S/C17H24N2O/c1-12(18)10-15-5-3-4-14-8-9-19(17(14)15)11-16-7-6-13(2)20-16/h3-5,8-9,12-13,16H,6-7,10-11,18H2,1-2H3. The molecule has 108 valence electrons. The van der Waals surface area contributed by atoms with Crippen molar-refractivity contribution in [2.75, 3.05) is 0 Å². The highest BCUT2D eigenvalue weighted by molar-refractivity contribution is 5.83. The molecule has 0 radical (unpaired) electrons. The van der Waals surface area contributed by atoms with E-state index < -0.39 is 0 Å². The maximum absolute atomic E-state index is 5.98. The minimum Gasteiger partial charge on any atom is -0.373 e. The number of nitrogens with two attached hydrogens (primary N) is 1. The quantitative estimate of drug-likeness (QED) is 0.929. The average molecular weight is 272 g/mol. The van der Waals surface area contributed by atoms with Crippen LogP contribution in [0.15, 0.2) is 30.5 Å². The fourth-order valence-corrected chi connectivity index (χ4v) is 3.24. The summed E-state index contributed by atoms with van der Waals surface area (Å²) in [6.07, 6.45) is 6.20. The van der Waals surface area contributed by atoms with Crippen molar-refractivity contribution in [2.45, 2.75) is 57.9 Å². The largest absolute Gasteiger partial charge is 0.373 e. The van der Waals surface area contributed by atoms with Gasteiger partial charge in [-0.25, -0.2) is 0 Å². The number of aromatic nitrogens is 1. The Kier molecular flexibility index (Phi) is 3.81. The summed E-state index contributed by atoms with van der Waals surface area (Å²) < 4.78 is 8.30. The number of fused-ring (bicyclic) bond motifs is 1. The molecule has 0 bridgehead atoms. The normalized spacial score (nSPS) is 24.4. The molecule has 1 aromatic heterocycles. The van der Waals surface area contributed by atoms with Gasteiger partial charge < -0.3 is 15.0 Å². The molecule has 1 saturated heterocycles. The Morgan fingerprint density at radius 3 is 2.90 bits per heavy atom. The Morgan fingerprint density at radius 1 is 1.35 bits per heavy atom. The van der Waals surface area contributed by atoms with Crippen molar-refractivity contribution in [1.82, 2.24) is 4.57 Å². The number of hydrogen-bond donors (Lipinski definition) is 1. The van der Waals surface area contributed by atoms with Crippen LogP contribution in [0.2, 0.25) is 0 Å². The number of benzene rings is 1. The molecule has 1 aromatic carbocycles. The van der Waals surface area contributed by atoms with Gasteiger partial charge in [0.2, 0.25) is 0 Å². The van der Waals surface area contributed by atoms with E-state index in [-0.39, 0.29) is 6.04 Å².